The summed E-state index contributed by atoms with van der Waals surface area (Å²) in [5, 5.41) is 9.65. The molecule has 1 N–H and O–H groups in total. The Kier molecular flexibility index (Phi) is 4.22. The van der Waals surface area contributed by atoms with E-state index in [0.29, 0.717) is 5.03 Å². The van der Waals surface area contributed by atoms with Gasteiger partial charge in [-0.05, 0) is 24.3 Å². The number of thioether (sulfide) groups is 1. The zero-order valence-corrected chi connectivity index (χ0v) is 9.23. The van der Waals surface area contributed by atoms with E-state index < -0.39 is 5.97 Å². The molecule has 0 fully saturated rings. The van der Waals surface area contributed by atoms with Gasteiger partial charge in [0.25, 0.3) is 0 Å². The Labute approximate surface area is 91.5 Å². The minimum atomic E-state index is -0.979. The van der Waals surface area contributed by atoms with E-state index in [0.717, 1.165) is 12.2 Å². The first-order valence-corrected chi connectivity index (χ1v) is 5.53. The van der Waals surface area contributed by atoms with Gasteiger partial charge in [0, 0.05) is 0 Å². The minimum absolute atomic E-state index is 0.184. The van der Waals surface area contributed by atoms with Crippen molar-refractivity contribution in [3.05, 3.63) is 22.8 Å². The highest BCUT2D eigenvalue weighted by Crippen LogP contribution is 2.20. The average Bonchev–Trinajstić information content (AvgIpc) is 2.14. The van der Waals surface area contributed by atoms with E-state index in [1.54, 1.807) is 0 Å². The standard InChI is InChI=1S/C9H10ClNO2S/c1-2-3-14-8-5-6(9(12)13)4-7(10)11-8/h4-5H,2-3H2,1H3,(H,12,13). The van der Waals surface area contributed by atoms with Crippen molar-refractivity contribution < 1.29 is 9.90 Å². The van der Waals surface area contributed by atoms with E-state index in [1.165, 1.54) is 23.9 Å². The van der Waals surface area contributed by atoms with Gasteiger partial charge in [-0.3, -0.25) is 0 Å². The fraction of sp³-hybridized carbons (Fsp3) is 0.333. The minimum Gasteiger partial charge on any atom is -0.478 e. The molecule has 0 aliphatic carbocycles. The van der Waals surface area contributed by atoms with Crippen LogP contribution in [0.1, 0.15) is 23.7 Å². The molecule has 0 saturated carbocycles. The summed E-state index contributed by atoms with van der Waals surface area (Å²) in [7, 11) is 0. The zero-order chi connectivity index (χ0) is 10.6. The summed E-state index contributed by atoms with van der Waals surface area (Å²) < 4.78 is 0. The summed E-state index contributed by atoms with van der Waals surface area (Å²) in [6.07, 6.45) is 1.02. The van der Waals surface area contributed by atoms with Gasteiger partial charge in [0.1, 0.15) is 5.15 Å². The van der Waals surface area contributed by atoms with E-state index in [-0.39, 0.29) is 10.7 Å². The van der Waals surface area contributed by atoms with Crippen molar-refractivity contribution in [2.24, 2.45) is 0 Å². The number of pyridine rings is 1. The summed E-state index contributed by atoms with van der Waals surface area (Å²) in [5.74, 6) is -0.0699. The Hall–Kier alpha value is -0.740. The Morgan fingerprint density at radius 2 is 2.36 bits per heavy atom. The van der Waals surface area contributed by atoms with Gasteiger partial charge in [-0.25, -0.2) is 9.78 Å². The molecule has 0 aliphatic heterocycles. The zero-order valence-electron chi connectivity index (χ0n) is 7.66. The second kappa shape index (κ2) is 5.22. The van der Waals surface area contributed by atoms with E-state index in [2.05, 4.69) is 11.9 Å². The number of halogens is 1. The van der Waals surface area contributed by atoms with E-state index >= 15 is 0 Å². The Balaban J connectivity index is 2.89. The van der Waals surface area contributed by atoms with Gasteiger partial charge >= 0.3 is 5.97 Å². The van der Waals surface area contributed by atoms with Gasteiger partial charge in [0.2, 0.25) is 0 Å². The molecule has 0 aromatic carbocycles. The smallest absolute Gasteiger partial charge is 0.335 e. The average molecular weight is 232 g/mol. The highest BCUT2D eigenvalue weighted by molar-refractivity contribution is 7.99. The highest BCUT2D eigenvalue weighted by atomic mass is 35.5. The first-order valence-electron chi connectivity index (χ1n) is 4.17. The molecule has 0 spiro atoms. The molecule has 14 heavy (non-hydrogen) atoms. The molecule has 3 nitrogen and oxygen atoms in total. The maximum absolute atomic E-state index is 10.7. The summed E-state index contributed by atoms with van der Waals surface area (Å²) >= 11 is 7.19. The van der Waals surface area contributed by atoms with Crippen molar-refractivity contribution in [1.82, 2.24) is 4.98 Å². The van der Waals surface area contributed by atoms with Crippen LogP contribution in [0.4, 0.5) is 0 Å². The van der Waals surface area contributed by atoms with Crippen LogP contribution >= 0.6 is 23.4 Å². The lowest BCUT2D eigenvalue weighted by molar-refractivity contribution is 0.0696. The van der Waals surface area contributed by atoms with Crippen LogP contribution < -0.4 is 0 Å². The van der Waals surface area contributed by atoms with Crippen molar-refractivity contribution in [2.75, 3.05) is 5.75 Å². The van der Waals surface area contributed by atoms with Crippen LogP contribution in [-0.4, -0.2) is 21.8 Å². The van der Waals surface area contributed by atoms with E-state index in [1.807, 2.05) is 0 Å². The van der Waals surface area contributed by atoms with Gasteiger partial charge in [-0.2, -0.15) is 0 Å². The summed E-state index contributed by atoms with van der Waals surface area (Å²) in [4.78, 5) is 14.7. The van der Waals surface area contributed by atoms with Gasteiger partial charge in [0.15, 0.2) is 0 Å². The number of carboxylic acid groups (broad SMARTS) is 1. The molecule has 0 saturated heterocycles. The maximum Gasteiger partial charge on any atom is 0.335 e. The van der Waals surface area contributed by atoms with Crippen LogP contribution in [0.3, 0.4) is 0 Å². The molecule has 0 amide bonds. The van der Waals surface area contributed by atoms with Crippen molar-refractivity contribution in [2.45, 2.75) is 18.4 Å². The third-order valence-corrected chi connectivity index (χ3v) is 2.78. The highest BCUT2D eigenvalue weighted by Gasteiger charge is 2.07. The number of rotatable bonds is 4. The molecule has 1 aromatic rings. The molecule has 76 valence electrons. The van der Waals surface area contributed by atoms with Crippen molar-refractivity contribution in [3.8, 4) is 0 Å². The summed E-state index contributed by atoms with van der Waals surface area (Å²) in [6.45, 7) is 2.05. The Morgan fingerprint density at radius 3 is 2.93 bits per heavy atom. The van der Waals surface area contributed by atoms with Gasteiger partial charge in [0.05, 0.1) is 10.6 Å². The van der Waals surface area contributed by atoms with Crippen molar-refractivity contribution >= 4 is 29.3 Å². The lowest BCUT2D eigenvalue weighted by Gasteiger charge is -2.01. The number of hydrogen-bond acceptors (Lipinski definition) is 3. The normalized spacial score (nSPS) is 10.1. The molecule has 0 unspecified atom stereocenters. The monoisotopic (exact) mass is 231 g/mol. The molecule has 0 bridgehead atoms. The van der Waals surface area contributed by atoms with Crippen LogP contribution in [0.15, 0.2) is 17.2 Å². The predicted molar refractivity (Wildman–Crippen MR) is 57.2 cm³/mol. The largest absolute Gasteiger partial charge is 0.478 e. The lowest BCUT2D eigenvalue weighted by atomic mass is 10.3. The SMILES string of the molecule is CCCSc1cc(C(=O)O)cc(Cl)n1. The van der Waals surface area contributed by atoms with Crippen LogP contribution in [0.5, 0.6) is 0 Å². The second-order valence-corrected chi connectivity index (χ2v) is 4.17. The number of nitrogens with zero attached hydrogens (tertiary/aromatic N) is 1. The lowest BCUT2D eigenvalue weighted by Crippen LogP contribution is -1.97. The second-order valence-electron chi connectivity index (χ2n) is 2.67. The fourth-order valence-electron chi connectivity index (χ4n) is 0.877. The Bertz CT molecular complexity index is 344. The third kappa shape index (κ3) is 3.20. The van der Waals surface area contributed by atoms with Gasteiger partial charge < -0.3 is 5.11 Å². The van der Waals surface area contributed by atoms with Crippen LogP contribution in [0.25, 0.3) is 0 Å². The molecule has 0 aliphatic rings. The van der Waals surface area contributed by atoms with E-state index in [9.17, 15) is 4.79 Å². The van der Waals surface area contributed by atoms with Crippen LogP contribution in [-0.2, 0) is 0 Å². The maximum atomic E-state index is 10.7. The molecule has 1 heterocycles. The fourth-order valence-corrected chi connectivity index (χ4v) is 1.92. The number of aromatic carboxylic acids is 1. The topological polar surface area (TPSA) is 50.2 Å². The number of carboxylic acids is 1. The van der Waals surface area contributed by atoms with Gasteiger partial charge in [-0.15, -0.1) is 11.8 Å². The summed E-state index contributed by atoms with van der Waals surface area (Å²) in [5.41, 5.74) is 0.184. The first kappa shape index (κ1) is 11.3. The molecule has 0 atom stereocenters. The summed E-state index contributed by atoms with van der Waals surface area (Å²) in [6, 6.07) is 2.88. The third-order valence-electron chi connectivity index (χ3n) is 1.47. The van der Waals surface area contributed by atoms with Gasteiger partial charge in [-0.1, -0.05) is 18.5 Å². The molecular formula is C9H10ClNO2S. The Morgan fingerprint density at radius 1 is 1.64 bits per heavy atom. The molecule has 0 radical (unpaired) electrons. The molecular weight excluding hydrogens is 222 g/mol. The predicted octanol–water partition coefficient (Wildman–Crippen LogP) is 2.94. The van der Waals surface area contributed by atoms with Crippen LogP contribution in [0.2, 0.25) is 5.15 Å². The van der Waals surface area contributed by atoms with Crippen LogP contribution in [0, 0.1) is 0 Å². The number of hydrogen-bond donors (Lipinski definition) is 1. The van der Waals surface area contributed by atoms with Crippen molar-refractivity contribution in [1.29, 1.82) is 0 Å². The molecule has 1 aromatic heterocycles. The van der Waals surface area contributed by atoms with E-state index in [4.69, 9.17) is 16.7 Å². The molecule has 5 heteroatoms. The molecule has 1 rings (SSSR count). The number of carbonyl (C=O) groups is 1. The first-order chi connectivity index (χ1) is 6.63. The van der Waals surface area contributed by atoms with Crippen molar-refractivity contribution in [3.63, 3.8) is 0 Å². The quantitative estimate of drug-likeness (QED) is 0.640. The number of aromatic nitrogens is 1.